The summed E-state index contributed by atoms with van der Waals surface area (Å²) < 4.78 is 5.64. The third kappa shape index (κ3) is 4.25. The molecule has 3 nitrogen and oxygen atoms in total. The van der Waals surface area contributed by atoms with E-state index in [0.717, 1.165) is 4.90 Å². The SMILES string of the molecule is Cc1ccc(SCC(=O)N2C[C@@H](C)O[C@@H](C)C2)cc1. The zero-order valence-electron chi connectivity index (χ0n) is 11.8. The fourth-order valence-corrected chi connectivity index (χ4v) is 3.05. The van der Waals surface area contributed by atoms with E-state index in [-0.39, 0.29) is 18.1 Å². The van der Waals surface area contributed by atoms with E-state index in [1.807, 2.05) is 18.7 Å². The van der Waals surface area contributed by atoms with Crippen molar-refractivity contribution in [1.82, 2.24) is 4.90 Å². The molecule has 0 aliphatic carbocycles. The van der Waals surface area contributed by atoms with Crippen molar-refractivity contribution in [1.29, 1.82) is 0 Å². The van der Waals surface area contributed by atoms with Crippen molar-refractivity contribution in [2.45, 2.75) is 37.9 Å². The molecular formula is C15H21NO2S. The Morgan fingerprint density at radius 1 is 1.26 bits per heavy atom. The van der Waals surface area contributed by atoms with Gasteiger partial charge in [0.05, 0.1) is 18.0 Å². The third-order valence-corrected chi connectivity index (χ3v) is 4.15. The largest absolute Gasteiger partial charge is 0.372 e. The maximum Gasteiger partial charge on any atom is 0.233 e. The van der Waals surface area contributed by atoms with E-state index in [1.165, 1.54) is 5.56 Å². The monoisotopic (exact) mass is 279 g/mol. The molecular weight excluding hydrogens is 258 g/mol. The standard InChI is InChI=1S/C15H21NO2S/c1-11-4-6-14(7-5-11)19-10-15(17)16-8-12(2)18-13(3)9-16/h4-7,12-13H,8-10H2,1-3H3/t12-,13+. The van der Waals surface area contributed by atoms with E-state index >= 15 is 0 Å². The van der Waals surface area contributed by atoms with E-state index in [9.17, 15) is 4.79 Å². The van der Waals surface area contributed by atoms with Crippen molar-refractivity contribution in [3.05, 3.63) is 29.8 Å². The Morgan fingerprint density at radius 2 is 1.84 bits per heavy atom. The van der Waals surface area contributed by atoms with Gasteiger partial charge in [-0.1, -0.05) is 17.7 Å². The van der Waals surface area contributed by atoms with Crippen molar-refractivity contribution in [3.63, 3.8) is 0 Å². The van der Waals surface area contributed by atoms with Crippen LogP contribution >= 0.6 is 11.8 Å². The molecule has 0 aromatic heterocycles. The fourth-order valence-electron chi connectivity index (χ4n) is 2.25. The highest BCUT2D eigenvalue weighted by Crippen LogP contribution is 2.20. The maximum atomic E-state index is 12.2. The minimum Gasteiger partial charge on any atom is -0.372 e. The molecule has 1 aromatic rings. The van der Waals surface area contributed by atoms with Crippen molar-refractivity contribution >= 4 is 17.7 Å². The topological polar surface area (TPSA) is 29.5 Å². The summed E-state index contributed by atoms with van der Waals surface area (Å²) in [5, 5.41) is 0. The van der Waals surface area contributed by atoms with Gasteiger partial charge in [0.15, 0.2) is 0 Å². The van der Waals surface area contributed by atoms with E-state index in [0.29, 0.717) is 18.8 Å². The Balaban J connectivity index is 1.85. The molecule has 1 heterocycles. The first-order chi connectivity index (χ1) is 9.04. The van der Waals surface area contributed by atoms with Crippen LogP contribution in [0.1, 0.15) is 19.4 Å². The number of thioether (sulfide) groups is 1. The number of morpholine rings is 1. The van der Waals surface area contributed by atoms with Crippen LogP contribution in [0, 0.1) is 6.92 Å². The number of ether oxygens (including phenoxy) is 1. The van der Waals surface area contributed by atoms with Gasteiger partial charge in [-0.15, -0.1) is 11.8 Å². The minimum absolute atomic E-state index is 0.136. The predicted molar refractivity (Wildman–Crippen MR) is 78.5 cm³/mol. The summed E-state index contributed by atoms with van der Waals surface area (Å²) in [6.45, 7) is 7.51. The summed E-state index contributed by atoms with van der Waals surface area (Å²) in [4.78, 5) is 15.2. The fraction of sp³-hybridized carbons (Fsp3) is 0.533. The van der Waals surface area contributed by atoms with Gasteiger partial charge >= 0.3 is 0 Å². The lowest BCUT2D eigenvalue weighted by atomic mass is 10.2. The smallest absolute Gasteiger partial charge is 0.233 e. The summed E-state index contributed by atoms with van der Waals surface area (Å²) in [6, 6.07) is 8.28. The molecule has 0 radical (unpaired) electrons. The Hall–Kier alpha value is -1.00. The van der Waals surface area contributed by atoms with Gasteiger partial charge in [-0.05, 0) is 32.9 Å². The molecule has 0 N–H and O–H groups in total. The molecule has 0 spiro atoms. The summed E-state index contributed by atoms with van der Waals surface area (Å²) in [7, 11) is 0. The number of carbonyl (C=O) groups is 1. The number of hydrogen-bond acceptors (Lipinski definition) is 3. The molecule has 104 valence electrons. The molecule has 4 heteroatoms. The quantitative estimate of drug-likeness (QED) is 0.797. The van der Waals surface area contributed by atoms with Gasteiger partial charge in [0, 0.05) is 18.0 Å². The van der Waals surface area contributed by atoms with Gasteiger partial charge in [0.2, 0.25) is 5.91 Å². The highest BCUT2D eigenvalue weighted by molar-refractivity contribution is 8.00. The minimum atomic E-state index is 0.136. The van der Waals surface area contributed by atoms with E-state index in [2.05, 4.69) is 31.2 Å². The Kier molecular flexibility index (Phi) is 4.88. The summed E-state index contributed by atoms with van der Waals surface area (Å²) in [6.07, 6.45) is 0.272. The Bertz CT molecular complexity index is 422. The lowest BCUT2D eigenvalue weighted by Gasteiger charge is -2.35. The number of aryl methyl sites for hydroxylation is 1. The zero-order chi connectivity index (χ0) is 13.8. The van der Waals surface area contributed by atoms with Crippen molar-refractivity contribution in [3.8, 4) is 0 Å². The summed E-state index contributed by atoms with van der Waals surface area (Å²) in [5.41, 5.74) is 1.24. The molecule has 0 unspecified atom stereocenters. The molecule has 2 rings (SSSR count). The van der Waals surface area contributed by atoms with E-state index < -0.39 is 0 Å². The first-order valence-corrected chi connectivity index (χ1v) is 7.66. The molecule has 1 amide bonds. The normalized spacial score (nSPS) is 23.4. The lowest BCUT2D eigenvalue weighted by molar-refractivity contribution is -0.140. The molecule has 1 aliphatic rings. The second kappa shape index (κ2) is 6.44. The first-order valence-electron chi connectivity index (χ1n) is 6.67. The molecule has 19 heavy (non-hydrogen) atoms. The number of hydrogen-bond donors (Lipinski definition) is 0. The second-order valence-electron chi connectivity index (χ2n) is 5.16. The van der Waals surface area contributed by atoms with Crippen LogP contribution in [-0.4, -0.2) is 41.9 Å². The number of carbonyl (C=O) groups excluding carboxylic acids is 1. The van der Waals surface area contributed by atoms with Crippen LogP contribution in [-0.2, 0) is 9.53 Å². The van der Waals surface area contributed by atoms with E-state index in [1.54, 1.807) is 11.8 Å². The molecule has 1 saturated heterocycles. The highest BCUT2D eigenvalue weighted by atomic mass is 32.2. The lowest BCUT2D eigenvalue weighted by Crippen LogP contribution is -2.48. The van der Waals surface area contributed by atoms with Crippen LogP contribution < -0.4 is 0 Å². The molecule has 1 fully saturated rings. The van der Waals surface area contributed by atoms with Gasteiger partial charge in [0.1, 0.15) is 0 Å². The van der Waals surface area contributed by atoms with Gasteiger partial charge in [-0.3, -0.25) is 4.79 Å². The van der Waals surface area contributed by atoms with Crippen LogP contribution in [0.25, 0.3) is 0 Å². The zero-order valence-corrected chi connectivity index (χ0v) is 12.6. The van der Waals surface area contributed by atoms with Gasteiger partial charge in [0.25, 0.3) is 0 Å². The second-order valence-corrected chi connectivity index (χ2v) is 6.21. The summed E-state index contributed by atoms with van der Waals surface area (Å²) in [5.74, 6) is 0.704. The first kappa shape index (κ1) is 14.4. The van der Waals surface area contributed by atoms with Gasteiger partial charge in [-0.25, -0.2) is 0 Å². The van der Waals surface area contributed by atoms with Crippen LogP contribution in [0.15, 0.2) is 29.2 Å². The predicted octanol–water partition coefficient (Wildman–Crippen LogP) is 2.72. The van der Waals surface area contributed by atoms with Gasteiger partial charge < -0.3 is 9.64 Å². The van der Waals surface area contributed by atoms with Crippen LogP contribution in [0.2, 0.25) is 0 Å². The van der Waals surface area contributed by atoms with Crippen molar-refractivity contribution < 1.29 is 9.53 Å². The van der Waals surface area contributed by atoms with Gasteiger partial charge in [-0.2, -0.15) is 0 Å². The molecule has 1 aliphatic heterocycles. The maximum absolute atomic E-state index is 12.2. The highest BCUT2D eigenvalue weighted by Gasteiger charge is 2.25. The average molecular weight is 279 g/mol. The van der Waals surface area contributed by atoms with Crippen LogP contribution in [0.3, 0.4) is 0 Å². The van der Waals surface area contributed by atoms with Crippen LogP contribution in [0.5, 0.6) is 0 Å². The van der Waals surface area contributed by atoms with Crippen molar-refractivity contribution in [2.75, 3.05) is 18.8 Å². The number of amides is 1. The summed E-state index contributed by atoms with van der Waals surface area (Å²) >= 11 is 1.60. The molecule has 0 bridgehead atoms. The number of benzene rings is 1. The van der Waals surface area contributed by atoms with E-state index in [4.69, 9.17) is 4.74 Å². The Morgan fingerprint density at radius 3 is 2.42 bits per heavy atom. The molecule has 0 saturated carbocycles. The number of nitrogens with zero attached hydrogens (tertiary/aromatic N) is 1. The molecule has 2 atom stereocenters. The molecule has 1 aromatic carbocycles. The third-order valence-electron chi connectivity index (χ3n) is 3.16. The Labute approximate surface area is 119 Å². The average Bonchev–Trinajstić information content (AvgIpc) is 2.36. The van der Waals surface area contributed by atoms with Crippen LogP contribution in [0.4, 0.5) is 0 Å². The number of rotatable bonds is 3. The van der Waals surface area contributed by atoms with Crippen molar-refractivity contribution in [2.24, 2.45) is 0 Å².